The highest BCUT2D eigenvalue weighted by atomic mass is 35.5. The lowest BCUT2D eigenvalue weighted by Gasteiger charge is -2.20. The first-order valence-corrected chi connectivity index (χ1v) is 16.5. The summed E-state index contributed by atoms with van der Waals surface area (Å²) in [5.41, 5.74) is 5.33. The Morgan fingerprint density at radius 2 is 1.47 bits per heavy atom. The van der Waals surface area contributed by atoms with E-state index in [4.69, 9.17) is 42.6 Å². The molecule has 0 bridgehead atoms. The van der Waals surface area contributed by atoms with Crippen molar-refractivity contribution >= 4 is 29.1 Å². The van der Waals surface area contributed by atoms with Gasteiger partial charge >= 0.3 is 0 Å². The lowest BCUT2D eigenvalue weighted by atomic mass is 9.98. The van der Waals surface area contributed by atoms with Gasteiger partial charge in [-0.1, -0.05) is 73.4 Å². The van der Waals surface area contributed by atoms with E-state index in [1.54, 1.807) is 26.6 Å². The summed E-state index contributed by atoms with van der Waals surface area (Å²) in [6, 6.07) is 11.5. The molecule has 47 heavy (non-hydrogen) atoms. The van der Waals surface area contributed by atoms with E-state index in [0.29, 0.717) is 69.4 Å². The smallest absolute Gasteiger partial charge is 0.237 e. The molecule has 0 saturated carbocycles. The highest BCUT2D eigenvalue weighted by Gasteiger charge is 2.22. The van der Waals surface area contributed by atoms with Gasteiger partial charge in [-0.05, 0) is 31.6 Å². The Hall–Kier alpha value is -3.83. The molecule has 0 aliphatic carbocycles. The van der Waals surface area contributed by atoms with Gasteiger partial charge in [-0.15, -0.1) is 0 Å². The van der Waals surface area contributed by atoms with Crippen molar-refractivity contribution in [2.75, 3.05) is 20.8 Å². The number of aromatic nitrogens is 4. The molecule has 10 nitrogen and oxygen atoms in total. The van der Waals surface area contributed by atoms with E-state index in [1.165, 1.54) is 0 Å². The third kappa shape index (κ3) is 8.01. The van der Waals surface area contributed by atoms with Crippen molar-refractivity contribution in [1.29, 1.82) is 0 Å². The fourth-order valence-corrected chi connectivity index (χ4v) is 6.35. The number of halogens is 2. The van der Waals surface area contributed by atoms with Crippen molar-refractivity contribution in [3.05, 3.63) is 70.2 Å². The van der Waals surface area contributed by atoms with Crippen LogP contribution >= 0.6 is 23.2 Å². The molecule has 1 aliphatic heterocycles. The maximum atomic E-state index is 11.5. The van der Waals surface area contributed by atoms with Crippen molar-refractivity contribution in [3.8, 4) is 45.4 Å². The highest BCUT2D eigenvalue weighted by Crippen LogP contribution is 2.42. The first-order chi connectivity index (χ1) is 22.7. The Morgan fingerprint density at radius 3 is 1.98 bits per heavy atom. The third-order valence-corrected chi connectivity index (χ3v) is 9.25. The summed E-state index contributed by atoms with van der Waals surface area (Å²) in [5, 5.41) is 16.9. The Balaban J connectivity index is 1.39. The van der Waals surface area contributed by atoms with Crippen LogP contribution in [-0.2, 0) is 17.8 Å². The summed E-state index contributed by atoms with van der Waals surface area (Å²) in [6.45, 7) is 4.50. The molecule has 4 aromatic rings. The van der Waals surface area contributed by atoms with Gasteiger partial charge in [-0.25, -0.2) is 9.97 Å². The molecule has 1 saturated heterocycles. The van der Waals surface area contributed by atoms with Crippen molar-refractivity contribution in [1.82, 2.24) is 30.6 Å². The van der Waals surface area contributed by atoms with Crippen molar-refractivity contribution in [2.45, 2.75) is 64.6 Å². The van der Waals surface area contributed by atoms with E-state index in [1.807, 2.05) is 50.2 Å². The topological polar surface area (TPSA) is 131 Å². The van der Waals surface area contributed by atoms with E-state index in [0.717, 1.165) is 36.1 Å². The SMILES string of the molecule is COc1nc(-c2cccc(-c3cccc(-c4cnc(CN[C@H](CO)C(C)C)c(OC)n4)c3Cl)c2Cl)cnc1CCC[C@@H]1CCC(=O)N1. The summed E-state index contributed by atoms with van der Waals surface area (Å²) < 4.78 is 11.2. The van der Waals surface area contributed by atoms with Crippen LogP contribution in [0.5, 0.6) is 11.8 Å². The minimum atomic E-state index is -0.0732. The van der Waals surface area contributed by atoms with Crippen LogP contribution in [0.1, 0.15) is 50.9 Å². The monoisotopic (exact) mass is 678 g/mol. The zero-order valence-electron chi connectivity index (χ0n) is 27.0. The summed E-state index contributed by atoms with van der Waals surface area (Å²) in [6.07, 6.45) is 7.27. The number of amides is 1. The maximum Gasteiger partial charge on any atom is 0.237 e. The number of benzene rings is 2. The minimum absolute atomic E-state index is 0.0202. The number of rotatable bonds is 14. The largest absolute Gasteiger partial charge is 0.480 e. The van der Waals surface area contributed by atoms with Crippen LogP contribution in [0.25, 0.3) is 33.6 Å². The van der Waals surface area contributed by atoms with E-state index in [2.05, 4.69) is 20.6 Å². The quantitative estimate of drug-likeness (QED) is 0.141. The third-order valence-electron chi connectivity index (χ3n) is 8.43. The van der Waals surface area contributed by atoms with Gasteiger partial charge in [-0.2, -0.15) is 0 Å². The molecule has 248 valence electrons. The fourth-order valence-electron chi connectivity index (χ4n) is 5.70. The Bertz CT molecular complexity index is 1720. The van der Waals surface area contributed by atoms with Gasteiger partial charge in [0.05, 0.1) is 54.7 Å². The zero-order chi connectivity index (χ0) is 33.5. The number of aliphatic hydroxyl groups is 1. The van der Waals surface area contributed by atoms with E-state index >= 15 is 0 Å². The van der Waals surface area contributed by atoms with Crippen molar-refractivity contribution < 1.29 is 19.4 Å². The number of methoxy groups -OCH3 is 2. The van der Waals surface area contributed by atoms with Gasteiger partial charge in [0.2, 0.25) is 17.7 Å². The number of hydrogen-bond donors (Lipinski definition) is 3. The van der Waals surface area contributed by atoms with E-state index in [-0.39, 0.29) is 30.5 Å². The average molecular weight is 680 g/mol. The molecule has 3 N–H and O–H groups in total. The summed E-state index contributed by atoms with van der Waals surface area (Å²) in [5.74, 6) is 1.19. The lowest BCUT2D eigenvalue weighted by molar-refractivity contribution is -0.119. The number of aliphatic hydroxyl groups excluding tert-OH is 1. The molecule has 1 aliphatic rings. The summed E-state index contributed by atoms with van der Waals surface area (Å²) in [4.78, 5) is 30.3. The molecular formula is C35H40Cl2N6O4. The standard InChI is InChI=1S/C35H40Cl2N6O4/c1-20(2)30(19-44)40-18-29-35(47-4)43-28(17-39-29)25-12-7-10-23(33(25)37)22-9-6-11-24(32(22)36)27-16-38-26(34(42-27)46-3)13-5-8-21-14-15-31(45)41-21/h6-7,9-12,16-17,20-21,30,40,44H,5,8,13-15,18-19H2,1-4H3,(H,41,45)/t21-,30-/m1/s1. The van der Waals surface area contributed by atoms with Gasteiger partial charge in [0.15, 0.2) is 0 Å². The van der Waals surface area contributed by atoms with Gasteiger partial charge in [0.25, 0.3) is 0 Å². The number of ether oxygens (including phenoxy) is 2. The first kappa shape index (κ1) is 34.5. The second kappa shape index (κ2) is 15.8. The fraction of sp³-hybridized carbons (Fsp3) is 0.400. The van der Waals surface area contributed by atoms with Crippen LogP contribution in [0, 0.1) is 5.92 Å². The molecular weight excluding hydrogens is 639 g/mol. The molecule has 5 rings (SSSR count). The molecule has 2 aromatic carbocycles. The molecule has 3 heterocycles. The molecule has 12 heteroatoms. The highest BCUT2D eigenvalue weighted by molar-refractivity contribution is 6.39. The molecule has 1 amide bonds. The predicted octanol–water partition coefficient (Wildman–Crippen LogP) is 6.30. The molecule has 1 fully saturated rings. The molecule has 2 atom stereocenters. The summed E-state index contributed by atoms with van der Waals surface area (Å²) in [7, 11) is 3.13. The minimum Gasteiger partial charge on any atom is -0.480 e. The number of aryl methyl sites for hydroxylation is 1. The van der Waals surface area contributed by atoms with Crippen LogP contribution in [0.4, 0.5) is 0 Å². The van der Waals surface area contributed by atoms with Gasteiger partial charge in [0, 0.05) is 47.3 Å². The van der Waals surface area contributed by atoms with Crippen molar-refractivity contribution in [2.24, 2.45) is 5.92 Å². The molecule has 0 radical (unpaired) electrons. The summed E-state index contributed by atoms with van der Waals surface area (Å²) >= 11 is 14.1. The number of nitrogens with zero attached hydrogens (tertiary/aromatic N) is 4. The van der Waals surface area contributed by atoms with E-state index in [9.17, 15) is 9.90 Å². The van der Waals surface area contributed by atoms with E-state index < -0.39 is 0 Å². The van der Waals surface area contributed by atoms with Crippen LogP contribution < -0.4 is 20.1 Å². The Labute approximate surface area is 285 Å². The molecule has 0 unspecified atom stereocenters. The lowest BCUT2D eigenvalue weighted by Crippen LogP contribution is -2.36. The second-order valence-electron chi connectivity index (χ2n) is 11.9. The zero-order valence-corrected chi connectivity index (χ0v) is 28.5. The number of hydrogen-bond acceptors (Lipinski definition) is 9. The van der Waals surface area contributed by atoms with Crippen LogP contribution in [-0.4, -0.2) is 63.9 Å². The maximum absolute atomic E-state index is 11.5. The van der Waals surface area contributed by atoms with Crippen LogP contribution in [0.15, 0.2) is 48.8 Å². The van der Waals surface area contributed by atoms with Gasteiger partial charge in [0.1, 0.15) is 11.4 Å². The normalized spacial score (nSPS) is 15.1. The molecule has 0 spiro atoms. The Morgan fingerprint density at radius 1 is 0.915 bits per heavy atom. The second-order valence-corrected chi connectivity index (χ2v) is 12.6. The number of carbonyl (C=O) groups is 1. The molecule has 2 aromatic heterocycles. The van der Waals surface area contributed by atoms with Crippen LogP contribution in [0.3, 0.4) is 0 Å². The Kier molecular flexibility index (Phi) is 11.6. The van der Waals surface area contributed by atoms with Crippen molar-refractivity contribution in [3.63, 3.8) is 0 Å². The number of nitrogens with one attached hydrogen (secondary N) is 2. The van der Waals surface area contributed by atoms with Crippen LogP contribution in [0.2, 0.25) is 10.0 Å². The van der Waals surface area contributed by atoms with Gasteiger partial charge < -0.3 is 25.2 Å². The van der Waals surface area contributed by atoms with Gasteiger partial charge in [-0.3, -0.25) is 14.8 Å². The number of carbonyl (C=O) groups excluding carboxylic acids is 1. The predicted molar refractivity (Wildman–Crippen MR) is 184 cm³/mol. The first-order valence-electron chi connectivity index (χ1n) is 15.8. The average Bonchev–Trinajstić information content (AvgIpc) is 3.50.